The van der Waals surface area contributed by atoms with Gasteiger partial charge < -0.3 is 9.64 Å². The van der Waals surface area contributed by atoms with E-state index in [2.05, 4.69) is 0 Å². The molecule has 0 bridgehead atoms. The fourth-order valence-corrected chi connectivity index (χ4v) is 2.14. The van der Waals surface area contributed by atoms with E-state index in [1.54, 1.807) is 4.90 Å². The molecule has 0 saturated carbocycles. The zero-order valence-electron chi connectivity index (χ0n) is 11.8. The van der Waals surface area contributed by atoms with E-state index in [-0.39, 0.29) is 5.97 Å². The van der Waals surface area contributed by atoms with E-state index in [4.69, 9.17) is 4.74 Å². The summed E-state index contributed by atoms with van der Waals surface area (Å²) in [5.41, 5.74) is -0.432. The number of likely N-dealkylation sites (N-methyl/N-ethyl adjacent to an activating group) is 1. The molecule has 0 unspecified atom stereocenters. The fourth-order valence-electron chi connectivity index (χ4n) is 2.14. The van der Waals surface area contributed by atoms with Crippen LogP contribution in [0.5, 0.6) is 0 Å². The van der Waals surface area contributed by atoms with E-state index in [1.165, 1.54) is 0 Å². The van der Waals surface area contributed by atoms with Crippen LogP contribution in [-0.2, 0) is 14.3 Å². The molecule has 0 spiro atoms. The summed E-state index contributed by atoms with van der Waals surface area (Å²) in [4.78, 5) is 26.1. The first-order valence-electron chi connectivity index (χ1n) is 6.43. The van der Waals surface area contributed by atoms with Crippen LogP contribution in [0, 0.1) is 0 Å². The summed E-state index contributed by atoms with van der Waals surface area (Å²) in [6.45, 7) is 7.46. The SMILES string of the molecule is CN(CC(=O)OC(C)(C)C)C1CCN(C=O)CC1. The molecule has 1 heterocycles. The number of hydrogen-bond acceptors (Lipinski definition) is 4. The molecule has 0 atom stereocenters. The molecule has 18 heavy (non-hydrogen) atoms. The van der Waals surface area contributed by atoms with Gasteiger partial charge in [0.1, 0.15) is 5.60 Å². The summed E-state index contributed by atoms with van der Waals surface area (Å²) in [6, 6.07) is 0.355. The third kappa shape index (κ3) is 5.04. The van der Waals surface area contributed by atoms with Crippen LogP contribution in [-0.4, -0.2) is 60.5 Å². The zero-order chi connectivity index (χ0) is 13.8. The molecule has 0 aromatic rings. The summed E-state index contributed by atoms with van der Waals surface area (Å²) in [7, 11) is 1.94. The predicted octanol–water partition coefficient (Wildman–Crippen LogP) is 0.881. The largest absolute Gasteiger partial charge is 0.459 e. The maximum absolute atomic E-state index is 11.7. The Morgan fingerprint density at radius 2 is 1.94 bits per heavy atom. The lowest BCUT2D eigenvalue weighted by molar-refractivity contribution is -0.156. The van der Waals surface area contributed by atoms with Crippen molar-refractivity contribution in [3.63, 3.8) is 0 Å². The number of carbonyl (C=O) groups excluding carboxylic acids is 2. The van der Waals surface area contributed by atoms with Crippen LogP contribution in [0.2, 0.25) is 0 Å². The van der Waals surface area contributed by atoms with E-state index in [0.29, 0.717) is 12.6 Å². The second-order valence-electron chi connectivity index (χ2n) is 5.87. The highest BCUT2D eigenvalue weighted by molar-refractivity contribution is 5.72. The minimum Gasteiger partial charge on any atom is -0.459 e. The van der Waals surface area contributed by atoms with Crippen LogP contribution in [0.1, 0.15) is 33.6 Å². The second kappa shape index (κ2) is 6.18. The van der Waals surface area contributed by atoms with Crippen LogP contribution < -0.4 is 0 Å². The van der Waals surface area contributed by atoms with Crippen molar-refractivity contribution in [2.45, 2.75) is 45.3 Å². The maximum Gasteiger partial charge on any atom is 0.320 e. The highest BCUT2D eigenvalue weighted by Gasteiger charge is 2.24. The van der Waals surface area contributed by atoms with Crippen LogP contribution >= 0.6 is 0 Å². The van der Waals surface area contributed by atoms with Gasteiger partial charge in [0.05, 0.1) is 6.54 Å². The number of hydrogen-bond donors (Lipinski definition) is 0. The number of piperidine rings is 1. The molecule has 104 valence electrons. The van der Waals surface area contributed by atoms with Gasteiger partial charge in [0.15, 0.2) is 0 Å². The van der Waals surface area contributed by atoms with Crippen molar-refractivity contribution in [1.82, 2.24) is 9.80 Å². The van der Waals surface area contributed by atoms with Crippen molar-refractivity contribution in [2.24, 2.45) is 0 Å². The van der Waals surface area contributed by atoms with Crippen LogP contribution in [0.25, 0.3) is 0 Å². The van der Waals surface area contributed by atoms with Crippen molar-refractivity contribution < 1.29 is 14.3 Å². The lowest BCUT2D eigenvalue weighted by Gasteiger charge is -2.35. The molecule has 5 nitrogen and oxygen atoms in total. The number of nitrogens with zero attached hydrogens (tertiary/aromatic N) is 2. The van der Waals surface area contributed by atoms with Crippen molar-refractivity contribution in [3.05, 3.63) is 0 Å². The van der Waals surface area contributed by atoms with Gasteiger partial charge >= 0.3 is 5.97 Å². The predicted molar refractivity (Wildman–Crippen MR) is 69.1 cm³/mol. The molecule has 0 aromatic heterocycles. The average Bonchev–Trinajstić information content (AvgIpc) is 2.26. The first-order chi connectivity index (χ1) is 8.31. The van der Waals surface area contributed by atoms with Gasteiger partial charge in [-0.2, -0.15) is 0 Å². The van der Waals surface area contributed by atoms with Crippen LogP contribution in [0.3, 0.4) is 0 Å². The standard InChI is InChI=1S/C13H24N2O3/c1-13(2,3)18-12(17)9-14(4)11-5-7-15(10-16)8-6-11/h10-11H,5-9H2,1-4H3. The maximum atomic E-state index is 11.7. The quantitative estimate of drug-likeness (QED) is 0.553. The summed E-state index contributed by atoms with van der Waals surface area (Å²) in [5, 5.41) is 0. The first kappa shape index (κ1) is 15.0. The Kier molecular flexibility index (Phi) is 5.14. The average molecular weight is 256 g/mol. The highest BCUT2D eigenvalue weighted by atomic mass is 16.6. The van der Waals surface area contributed by atoms with E-state index in [0.717, 1.165) is 32.3 Å². The molecular weight excluding hydrogens is 232 g/mol. The monoisotopic (exact) mass is 256 g/mol. The molecule has 0 N–H and O–H groups in total. The highest BCUT2D eigenvalue weighted by Crippen LogP contribution is 2.15. The normalized spacial score (nSPS) is 17.9. The second-order valence-corrected chi connectivity index (χ2v) is 5.87. The van der Waals surface area contributed by atoms with Crippen molar-refractivity contribution in [2.75, 3.05) is 26.7 Å². The number of likely N-dealkylation sites (tertiary alicyclic amines) is 1. The van der Waals surface area contributed by atoms with Gasteiger partial charge in [0.2, 0.25) is 6.41 Å². The summed E-state index contributed by atoms with van der Waals surface area (Å²) >= 11 is 0. The molecule has 0 radical (unpaired) electrons. The van der Waals surface area contributed by atoms with Gasteiger partial charge in [-0.25, -0.2) is 0 Å². The van der Waals surface area contributed by atoms with Gasteiger partial charge in [0, 0.05) is 19.1 Å². The minimum absolute atomic E-state index is 0.192. The lowest BCUT2D eigenvalue weighted by atomic mass is 10.0. The van der Waals surface area contributed by atoms with Crippen molar-refractivity contribution in [3.8, 4) is 0 Å². The molecule has 1 aliphatic heterocycles. The molecule has 0 aliphatic carbocycles. The number of esters is 1. The van der Waals surface area contributed by atoms with Gasteiger partial charge in [-0.3, -0.25) is 14.5 Å². The number of rotatable bonds is 4. The first-order valence-corrected chi connectivity index (χ1v) is 6.43. The van der Waals surface area contributed by atoms with Crippen molar-refractivity contribution >= 4 is 12.4 Å². The van der Waals surface area contributed by atoms with E-state index >= 15 is 0 Å². The molecule has 5 heteroatoms. The van der Waals surface area contributed by atoms with Crippen LogP contribution in [0.4, 0.5) is 0 Å². The Labute approximate surface area is 109 Å². The van der Waals surface area contributed by atoms with Gasteiger partial charge in [-0.15, -0.1) is 0 Å². The van der Waals surface area contributed by atoms with E-state index in [9.17, 15) is 9.59 Å². The molecule has 1 saturated heterocycles. The Morgan fingerprint density at radius 3 is 2.39 bits per heavy atom. The third-order valence-electron chi connectivity index (χ3n) is 3.07. The molecular formula is C13H24N2O3. The topological polar surface area (TPSA) is 49.9 Å². The molecule has 1 rings (SSSR count). The molecule has 1 fully saturated rings. The zero-order valence-corrected chi connectivity index (χ0v) is 11.8. The molecule has 0 aromatic carbocycles. The summed E-state index contributed by atoms with van der Waals surface area (Å²) in [6.07, 6.45) is 2.72. The summed E-state index contributed by atoms with van der Waals surface area (Å²) in [5.74, 6) is -0.192. The third-order valence-corrected chi connectivity index (χ3v) is 3.07. The number of carbonyl (C=O) groups is 2. The Hall–Kier alpha value is -1.10. The Morgan fingerprint density at radius 1 is 1.39 bits per heavy atom. The van der Waals surface area contributed by atoms with Gasteiger partial charge in [-0.1, -0.05) is 0 Å². The van der Waals surface area contributed by atoms with Crippen molar-refractivity contribution in [1.29, 1.82) is 0 Å². The Balaban J connectivity index is 2.35. The van der Waals surface area contributed by atoms with E-state index in [1.807, 2.05) is 32.7 Å². The number of amides is 1. The fraction of sp³-hybridized carbons (Fsp3) is 0.846. The smallest absolute Gasteiger partial charge is 0.320 e. The number of ether oxygens (including phenoxy) is 1. The molecule has 1 amide bonds. The Bertz CT molecular complexity index is 291. The van der Waals surface area contributed by atoms with Gasteiger partial charge in [-0.05, 0) is 40.7 Å². The molecule has 1 aliphatic rings. The summed E-state index contributed by atoms with van der Waals surface area (Å²) < 4.78 is 5.29. The minimum atomic E-state index is -0.432. The van der Waals surface area contributed by atoms with Gasteiger partial charge in [0.25, 0.3) is 0 Å². The van der Waals surface area contributed by atoms with E-state index < -0.39 is 5.60 Å². The van der Waals surface area contributed by atoms with Crippen LogP contribution in [0.15, 0.2) is 0 Å². The lowest BCUT2D eigenvalue weighted by Crippen LogP contribution is -2.45.